The summed E-state index contributed by atoms with van der Waals surface area (Å²) < 4.78 is 0. The third-order valence-electron chi connectivity index (χ3n) is 4.97. The molecular formula is C24H25N. The van der Waals surface area contributed by atoms with Crippen molar-refractivity contribution >= 4 is 0 Å². The Morgan fingerprint density at radius 2 is 1.32 bits per heavy atom. The average molecular weight is 327 g/mol. The first-order valence-corrected chi connectivity index (χ1v) is 9.06. The molecule has 126 valence electrons. The number of fused-ring (bicyclic) bond motifs is 3. The van der Waals surface area contributed by atoms with Crippen molar-refractivity contribution in [2.45, 2.75) is 39.3 Å². The molecule has 0 fully saturated rings. The van der Waals surface area contributed by atoms with Crippen LogP contribution in [0.15, 0.2) is 66.7 Å². The summed E-state index contributed by atoms with van der Waals surface area (Å²) in [5.74, 6) is 0. The van der Waals surface area contributed by atoms with Gasteiger partial charge in [-0.15, -0.1) is 0 Å². The van der Waals surface area contributed by atoms with Crippen LogP contribution in [-0.2, 0) is 13.0 Å². The number of rotatable bonds is 3. The summed E-state index contributed by atoms with van der Waals surface area (Å²) in [6, 6.07) is 24.3. The first-order chi connectivity index (χ1) is 12.0. The fraction of sp³-hybridized carbons (Fsp3) is 0.250. The molecule has 3 aromatic carbocycles. The fourth-order valence-electron chi connectivity index (χ4n) is 3.71. The number of hydrogen-bond acceptors (Lipinski definition) is 1. The van der Waals surface area contributed by atoms with Crippen LogP contribution in [0.25, 0.3) is 22.3 Å². The van der Waals surface area contributed by atoms with Crippen LogP contribution < -0.4 is 5.32 Å². The van der Waals surface area contributed by atoms with E-state index in [9.17, 15) is 0 Å². The van der Waals surface area contributed by atoms with Crippen LogP contribution in [0, 0.1) is 0 Å². The highest BCUT2D eigenvalue weighted by molar-refractivity contribution is 5.85. The molecule has 0 bridgehead atoms. The number of nitrogens with one attached hydrogen (secondary N) is 1. The predicted octanol–water partition coefficient (Wildman–Crippen LogP) is 5.81. The Bertz CT molecular complexity index is 915. The quantitative estimate of drug-likeness (QED) is 0.500. The van der Waals surface area contributed by atoms with Gasteiger partial charge in [0.15, 0.2) is 0 Å². The van der Waals surface area contributed by atoms with Gasteiger partial charge in [0.25, 0.3) is 0 Å². The lowest BCUT2D eigenvalue weighted by molar-refractivity contribution is 0.424. The van der Waals surface area contributed by atoms with Gasteiger partial charge < -0.3 is 5.32 Å². The summed E-state index contributed by atoms with van der Waals surface area (Å²) in [6.45, 7) is 7.53. The summed E-state index contributed by atoms with van der Waals surface area (Å²) >= 11 is 0. The van der Waals surface area contributed by atoms with Gasteiger partial charge in [0, 0.05) is 12.1 Å². The molecule has 4 rings (SSSR count). The van der Waals surface area contributed by atoms with E-state index in [1.807, 2.05) is 0 Å². The number of hydrogen-bond donors (Lipinski definition) is 1. The van der Waals surface area contributed by atoms with Crippen LogP contribution in [0.1, 0.15) is 37.5 Å². The molecule has 0 aromatic heterocycles. The zero-order chi connectivity index (χ0) is 17.4. The van der Waals surface area contributed by atoms with E-state index in [1.165, 1.54) is 38.9 Å². The van der Waals surface area contributed by atoms with E-state index in [0.29, 0.717) is 0 Å². The minimum atomic E-state index is 0.113. The topological polar surface area (TPSA) is 12.0 Å². The van der Waals surface area contributed by atoms with Crippen molar-refractivity contribution in [3.8, 4) is 22.3 Å². The molecule has 1 aliphatic carbocycles. The summed E-state index contributed by atoms with van der Waals surface area (Å²) in [4.78, 5) is 0. The molecule has 1 nitrogen and oxygen atoms in total. The van der Waals surface area contributed by atoms with Gasteiger partial charge >= 0.3 is 0 Å². The smallest absolute Gasteiger partial charge is 0.0216 e. The molecule has 1 heteroatoms. The van der Waals surface area contributed by atoms with Crippen molar-refractivity contribution in [2.75, 3.05) is 0 Å². The molecule has 0 saturated carbocycles. The van der Waals surface area contributed by atoms with Gasteiger partial charge in [0.05, 0.1) is 0 Å². The molecule has 0 saturated heterocycles. The van der Waals surface area contributed by atoms with Crippen molar-refractivity contribution in [3.63, 3.8) is 0 Å². The Balaban J connectivity index is 1.78. The molecule has 0 radical (unpaired) electrons. The molecule has 0 amide bonds. The van der Waals surface area contributed by atoms with Crippen LogP contribution >= 0.6 is 0 Å². The highest BCUT2D eigenvalue weighted by atomic mass is 14.9. The van der Waals surface area contributed by atoms with Crippen LogP contribution in [0.4, 0.5) is 0 Å². The van der Waals surface area contributed by atoms with Gasteiger partial charge in [-0.1, -0.05) is 66.7 Å². The monoisotopic (exact) mass is 327 g/mol. The van der Waals surface area contributed by atoms with Gasteiger partial charge in [-0.05, 0) is 66.1 Å². The van der Waals surface area contributed by atoms with E-state index in [4.69, 9.17) is 0 Å². The van der Waals surface area contributed by atoms with Crippen molar-refractivity contribution < 1.29 is 0 Å². The average Bonchev–Trinajstić information content (AvgIpc) is 2.98. The van der Waals surface area contributed by atoms with E-state index in [2.05, 4.69) is 92.8 Å². The Morgan fingerprint density at radius 1 is 0.720 bits per heavy atom. The molecule has 1 aliphatic rings. The standard InChI is InChI=1S/C24H25N/c1-24(2,3)25-16-18-10-5-7-12-20(18)22-14-8-13-21-19-11-6-4-9-17(19)15-23(21)22/h4-14,25H,15-16H2,1-3H3. The lowest BCUT2D eigenvalue weighted by Gasteiger charge is -2.22. The van der Waals surface area contributed by atoms with Crippen molar-refractivity contribution in [1.29, 1.82) is 0 Å². The Hall–Kier alpha value is -2.38. The molecule has 1 N–H and O–H groups in total. The zero-order valence-electron chi connectivity index (χ0n) is 15.3. The molecule has 25 heavy (non-hydrogen) atoms. The largest absolute Gasteiger partial charge is 0.308 e. The van der Waals surface area contributed by atoms with Crippen LogP contribution in [0.3, 0.4) is 0 Å². The second-order valence-corrected chi connectivity index (χ2v) is 7.93. The van der Waals surface area contributed by atoms with Crippen LogP contribution in [-0.4, -0.2) is 5.54 Å². The molecule has 0 aliphatic heterocycles. The van der Waals surface area contributed by atoms with Crippen molar-refractivity contribution in [1.82, 2.24) is 5.32 Å². The van der Waals surface area contributed by atoms with Gasteiger partial charge in [-0.2, -0.15) is 0 Å². The lowest BCUT2D eigenvalue weighted by Crippen LogP contribution is -2.35. The fourth-order valence-corrected chi connectivity index (χ4v) is 3.71. The minimum absolute atomic E-state index is 0.113. The minimum Gasteiger partial charge on any atom is -0.308 e. The van der Waals surface area contributed by atoms with Gasteiger partial charge in [-0.25, -0.2) is 0 Å². The SMILES string of the molecule is CC(C)(C)NCc1ccccc1-c1cccc2c1Cc1ccccc1-2. The van der Waals surface area contributed by atoms with Crippen molar-refractivity contribution in [3.05, 3.63) is 83.4 Å². The third-order valence-corrected chi connectivity index (χ3v) is 4.97. The maximum atomic E-state index is 3.63. The van der Waals surface area contributed by atoms with E-state index < -0.39 is 0 Å². The maximum absolute atomic E-state index is 3.63. The molecule has 3 aromatic rings. The van der Waals surface area contributed by atoms with Gasteiger partial charge in [-0.3, -0.25) is 0 Å². The Kier molecular flexibility index (Phi) is 3.97. The molecule has 0 unspecified atom stereocenters. The maximum Gasteiger partial charge on any atom is 0.0216 e. The summed E-state index contributed by atoms with van der Waals surface area (Å²) in [6.07, 6.45) is 1.03. The molecule has 0 atom stereocenters. The van der Waals surface area contributed by atoms with E-state index in [1.54, 1.807) is 0 Å². The number of benzene rings is 3. The highest BCUT2D eigenvalue weighted by Crippen LogP contribution is 2.42. The lowest BCUT2D eigenvalue weighted by atomic mass is 9.92. The van der Waals surface area contributed by atoms with Crippen LogP contribution in [0.5, 0.6) is 0 Å². The first-order valence-electron chi connectivity index (χ1n) is 9.06. The van der Waals surface area contributed by atoms with E-state index >= 15 is 0 Å². The van der Waals surface area contributed by atoms with Gasteiger partial charge in [0.2, 0.25) is 0 Å². The van der Waals surface area contributed by atoms with E-state index in [0.717, 1.165) is 13.0 Å². The summed E-state index contributed by atoms with van der Waals surface area (Å²) in [5, 5.41) is 3.63. The Morgan fingerprint density at radius 3 is 2.08 bits per heavy atom. The molecule has 0 heterocycles. The second kappa shape index (κ2) is 6.16. The normalized spacial score (nSPS) is 12.8. The predicted molar refractivity (Wildman–Crippen MR) is 107 cm³/mol. The Labute approximate surface area is 150 Å². The summed E-state index contributed by atoms with van der Waals surface area (Å²) in [7, 11) is 0. The zero-order valence-corrected chi connectivity index (χ0v) is 15.3. The molecule has 0 spiro atoms. The highest BCUT2D eigenvalue weighted by Gasteiger charge is 2.22. The van der Waals surface area contributed by atoms with E-state index in [-0.39, 0.29) is 5.54 Å². The summed E-state index contributed by atoms with van der Waals surface area (Å²) in [5.41, 5.74) is 9.89. The second-order valence-electron chi connectivity index (χ2n) is 7.93. The first kappa shape index (κ1) is 16.1. The third kappa shape index (κ3) is 3.12. The van der Waals surface area contributed by atoms with Crippen molar-refractivity contribution in [2.24, 2.45) is 0 Å². The van der Waals surface area contributed by atoms with Crippen LogP contribution in [0.2, 0.25) is 0 Å². The molecular weight excluding hydrogens is 302 g/mol. The van der Waals surface area contributed by atoms with Gasteiger partial charge in [0.1, 0.15) is 0 Å².